The number of rotatable bonds is 5. The van der Waals surface area contributed by atoms with E-state index in [-0.39, 0.29) is 0 Å². The molecule has 1 aromatic carbocycles. The van der Waals surface area contributed by atoms with Crippen LogP contribution in [-0.2, 0) is 19.5 Å². The Morgan fingerprint density at radius 3 is 2.86 bits per heavy atom. The standard InChI is InChI=1S/C23H26N6/c1-4-12-28-15-24-17-11-10-16(14-20(17)28)22-19-8-6-13-29(19)26-23(22)18-7-5-9-21(25-18)27(2)3/h5,7,9-11,14-15H,4,6,8,12-13H2,1-3H3. The molecule has 3 aromatic heterocycles. The maximum atomic E-state index is 4.98. The van der Waals surface area contributed by atoms with Crippen LogP contribution < -0.4 is 4.90 Å². The Labute approximate surface area is 170 Å². The number of nitrogens with zero attached hydrogens (tertiary/aromatic N) is 6. The summed E-state index contributed by atoms with van der Waals surface area (Å²) >= 11 is 0. The highest BCUT2D eigenvalue weighted by molar-refractivity contribution is 5.88. The molecule has 0 atom stereocenters. The van der Waals surface area contributed by atoms with Gasteiger partial charge >= 0.3 is 0 Å². The fraction of sp³-hybridized carbons (Fsp3) is 0.348. The van der Waals surface area contributed by atoms with E-state index in [9.17, 15) is 0 Å². The Morgan fingerprint density at radius 1 is 1.14 bits per heavy atom. The molecule has 0 bridgehead atoms. The minimum atomic E-state index is 0.926. The molecule has 0 spiro atoms. The normalized spacial score (nSPS) is 13.2. The quantitative estimate of drug-likeness (QED) is 0.511. The van der Waals surface area contributed by atoms with Gasteiger partial charge in [0.2, 0.25) is 0 Å². The minimum absolute atomic E-state index is 0.926. The average molecular weight is 387 g/mol. The second-order valence-corrected chi connectivity index (χ2v) is 7.91. The molecule has 148 valence electrons. The summed E-state index contributed by atoms with van der Waals surface area (Å²) < 4.78 is 4.41. The van der Waals surface area contributed by atoms with Crippen molar-refractivity contribution >= 4 is 16.9 Å². The Kier molecular flexibility index (Phi) is 4.34. The zero-order chi connectivity index (χ0) is 20.0. The molecule has 0 aliphatic carbocycles. The van der Waals surface area contributed by atoms with E-state index in [1.54, 1.807) is 0 Å². The van der Waals surface area contributed by atoms with Gasteiger partial charge in [-0.2, -0.15) is 5.10 Å². The van der Waals surface area contributed by atoms with Crippen molar-refractivity contribution in [1.29, 1.82) is 0 Å². The zero-order valence-corrected chi connectivity index (χ0v) is 17.3. The molecule has 0 saturated carbocycles. The van der Waals surface area contributed by atoms with Gasteiger partial charge in [-0.1, -0.05) is 19.1 Å². The molecule has 1 aliphatic rings. The molecule has 1 aliphatic heterocycles. The Morgan fingerprint density at radius 2 is 2.03 bits per heavy atom. The SMILES string of the molecule is CCCn1cnc2ccc(-c3c(-c4cccc(N(C)C)n4)nn4c3CCC4)cc21. The number of hydrogen-bond donors (Lipinski definition) is 0. The summed E-state index contributed by atoms with van der Waals surface area (Å²) in [5, 5.41) is 4.98. The predicted octanol–water partition coefficient (Wildman–Crippen LogP) is 4.38. The molecule has 0 N–H and O–H groups in total. The third-order valence-corrected chi connectivity index (χ3v) is 5.65. The number of imidazole rings is 1. The van der Waals surface area contributed by atoms with Crippen molar-refractivity contribution in [2.24, 2.45) is 0 Å². The van der Waals surface area contributed by atoms with Crippen LogP contribution in [0.15, 0.2) is 42.7 Å². The number of benzene rings is 1. The number of pyridine rings is 1. The predicted molar refractivity (Wildman–Crippen MR) is 117 cm³/mol. The van der Waals surface area contributed by atoms with Crippen LogP contribution in [0.4, 0.5) is 5.82 Å². The fourth-order valence-corrected chi connectivity index (χ4v) is 4.25. The van der Waals surface area contributed by atoms with E-state index in [0.29, 0.717) is 0 Å². The van der Waals surface area contributed by atoms with Gasteiger partial charge in [0.15, 0.2) is 0 Å². The maximum Gasteiger partial charge on any atom is 0.128 e. The van der Waals surface area contributed by atoms with E-state index >= 15 is 0 Å². The van der Waals surface area contributed by atoms with E-state index in [2.05, 4.69) is 51.5 Å². The first-order valence-corrected chi connectivity index (χ1v) is 10.4. The van der Waals surface area contributed by atoms with Crippen molar-refractivity contribution in [3.05, 3.63) is 48.4 Å². The second kappa shape index (κ2) is 7.03. The lowest BCUT2D eigenvalue weighted by molar-refractivity contribution is 0.658. The molecule has 4 aromatic rings. The summed E-state index contributed by atoms with van der Waals surface area (Å²) in [4.78, 5) is 11.5. The largest absolute Gasteiger partial charge is 0.363 e. The van der Waals surface area contributed by atoms with Gasteiger partial charge in [0.05, 0.1) is 23.1 Å². The van der Waals surface area contributed by atoms with Crippen molar-refractivity contribution in [2.45, 2.75) is 39.3 Å². The molecule has 6 nitrogen and oxygen atoms in total. The van der Waals surface area contributed by atoms with Gasteiger partial charge in [-0.3, -0.25) is 4.68 Å². The summed E-state index contributed by atoms with van der Waals surface area (Å²) in [6.07, 6.45) is 5.24. The highest BCUT2D eigenvalue weighted by Crippen LogP contribution is 2.38. The lowest BCUT2D eigenvalue weighted by Gasteiger charge is -2.12. The van der Waals surface area contributed by atoms with Crippen molar-refractivity contribution in [3.63, 3.8) is 0 Å². The first kappa shape index (κ1) is 17.9. The molecule has 0 amide bonds. The molecule has 4 heterocycles. The maximum absolute atomic E-state index is 4.98. The fourth-order valence-electron chi connectivity index (χ4n) is 4.25. The van der Waals surface area contributed by atoms with E-state index in [4.69, 9.17) is 10.1 Å². The Balaban J connectivity index is 1.70. The van der Waals surface area contributed by atoms with Crippen LogP contribution in [0.5, 0.6) is 0 Å². The number of aromatic nitrogens is 5. The van der Waals surface area contributed by atoms with Gasteiger partial charge in [-0.25, -0.2) is 9.97 Å². The summed E-state index contributed by atoms with van der Waals surface area (Å²) in [6.45, 7) is 4.15. The van der Waals surface area contributed by atoms with Crippen molar-refractivity contribution in [2.75, 3.05) is 19.0 Å². The van der Waals surface area contributed by atoms with Gasteiger partial charge in [-0.15, -0.1) is 0 Å². The molecule has 6 heteroatoms. The minimum Gasteiger partial charge on any atom is -0.363 e. The number of hydrogen-bond acceptors (Lipinski definition) is 4. The average Bonchev–Trinajstić information content (AvgIpc) is 3.42. The lowest BCUT2D eigenvalue weighted by atomic mass is 9.99. The van der Waals surface area contributed by atoms with Crippen molar-refractivity contribution < 1.29 is 0 Å². The van der Waals surface area contributed by atoms with Gasteiger partial charge in [0.1, 0.15) is 11.5 Å². The molecule has 0 radical (unpaired) electrons. The van der Waals surface area contributed by atoms with E-state index < -0.39 is 0 Å². The first-order valence-electron chi connectivity index (χ1n) is 10.4. The molecule has 29 heavy (non-hydrogen) atoms. The number of aryl methyl sites for hydroxylation is 2. The number of anilines is 1. The topological polar surface area (TPSA) is 51.8 Å². The molecular formula is C23H26N6. The van der Waals surface area contributed by atoms with Crippen molar-refractivity contribution in [1.82, 2.24) is 24.3 Å². The van der Waals surface area contributed by atoms with Gasteiger partial charge in [-0.05, 0) is 49.1 Å². The smallest absolute Gasteiger partial charge is 0.128 e. The van der Waals surface area contributed by atoms with Crippen LogP contribution in [0.3, 0.4) is 0 Å². The van der Waals surface area contributed by atoms with Crippen LogP contribution in [0.25, 0.3) is 33.5 Å². The highest BCUT2D eigenvalue weighted by atomic mass is 15.3. The second-order valence-electron chi connectivity index (χ2n) is 7.91. The first-order chi connectivity index (χ1) is 14.2. The van der Waals surface area contributed by atoms with Gasteiger partial charge < -0.3 is 9.47 Å². The number of fused-ring (bicyclic) bond motifs is 2. The lowest BCUT2D eigenvalue weighted by Crippen LogP contribution is -2.10. The summed E-state index contributed by atoms with van der Waals surface area (Å²) in [5.74, 6) is 0.943. The zero-order valence-electron chi connectivity index (χ0n) is 17.3. The third kappa shape index (κ3) is 2.99. The van der Waals surface area contributed by atoms with E-state index in [0.717, 1.165) is 55.1 Å². The summed E-state index contributed by atoms with van der Waals surface area (Å²) in [7, 11) is 4.03. The summed E-state index contributed by atoms with van der Waals surface area (Å²) in [5.41, 5.74) is 7.86. The van der Waals surface area contributed by atoms with Crippen LogP contribution >= 0.6 is 0 Å². The summed E-state index contributed by atoms with van der Waals surface area (Å²) in [6, 6.07) is 12.7. The van der Waals surface area contributed by atoms with Crippen molar-refractivity contribution in [3.8, 4) is 22.5 Å². The molecule has 0 saturated heterocycles. The van der Waals surface area contributed by atoms with Crippen LogP contribution in [0, 0.1) is 0 Å². The highest BCUT2D eigenvalue weighted by Gasteiger charge is 2.25. The monoisotopic (exact) mass is 386 g/mol. The van der Waals surface area contributed by atoms with Crippen LogP contribution in [0.1, 0.15) is 25.5 Å². The van der Waals surface area contributed by atoms with Crippen LogP contribution in [0.2, 0.25) is 0 Å². The third-order valence-electron chi connectivity index (χ3n) is 5.65. The van der Waals surface area contributed by atoms with Gasteiger partial charge in [0.25, 0.3) is 0 Å². The Bertz CT molecular complexity index is 1180. The Hall–Kier alpha value is -3.15. The molecule has 0 fully saturated rings. The molecule has 5 rings (SSSR count). The molecule has 0 unspecified atom stereocenters. The van der Waals surface area contributed by atoms with Crippen LogP contribution in [-0.4, -0.2) is 38.4 Å². The van der Waals surface area contributed by atoms with E-state index in [1.807, 2.05) is 31.4 Å². The van der Waals surface area contributed by atoms with Gasteiger partial charge in [0, 0.05) is 38.4 Å². The van der Waals surface area contributed by atoms with E-state index in [1.165, 1.54) is 22.3 Å². The molecular weight excluding hydrogens is 360 g/mol.